The van der Waals surface area contributed by atoms with Crippen molar-refractivity contribution in [2.24, 2.45) is 5.92 Å². The molecular weight excluding hydrogens is 212 g/mol. The molecule has 0 spiro atoms. The van der Waals surface area contributed by atoms with E-state index >= 15 is 0 Å². The lowest BCUT2D eigenvalue weighted by atomic mass is 10.0. The Morgan fingerprint density at radius 1 is 1.41 bits per heavy atom. The van der Waals surface area contributed by atoms with Crippen LogP contribution < -0.4 is 5.43 Å². The molecule has 0 amide bonds. The van der Waals surface area contributed by atoms with E-state index in [1.807, 2.05) is 13.1 Å². The van der Waals surface area contributed by atoms with E-state index in [4.69, 9.17) is 4.74 Å². The zero-order chi connectivity index (χ0) is 12.8. The number of nitrogens with one attached hydrogen (secondary N) is 1. The molecule has 98 valence electrons. The average Bonchev–Trinajstić information content (AvgIpc) is 2.35. The molecule has 0 radical (unpaired) electrons. The molecule has 17 heavy (non-hydrogen) atoms. The Labute approximate surface area is 105 Å². The van der Waals surface area contributed by atoms with Gasteiger partial charge in [-0.05, 0) is 31.3 Å². The monoisotopic (exact) mass is 238 g/mol. The van der Waals surface area contributed by atoms with Gasteiger partial charge in [0.05, 0.1) is 0 Å². The second-order valence-electron chi connectivity index (χ2n) is 4.86. The summed E-state index contributed by atoms with van der Waals surface area (Å²) in [6.07, 6.45) is 4.11. The molecule has 1 fully saturated rings. The highest BCUT2D eigenvalue weighted by molar-refractivity contribution is 5.22. The van der Waals surface area contributed by atoms with Crippen molar-refractivity contribution in [3.8, 4) is 0 Å². The van der Waals surface area contributed by atoms with Gasteiger partial charge in [0.15, 0.2) is 0 Å². The van der Waals surface area contributed by atoms with Crippen molar-refractivity contribution in [1.82, 2.24) is 10.4 Å². The summed E-state index contributed by atoms with van der Waals surface area (Å²) >= 11 is 0. The van der Waals surface area contributed by atoms with Crippen molar-refractivity contribution < 1.29 is 4.74 Å². The van der Waals surface area contributed by atoms with Gasteiger partial charge in [-0.1, -0.05) is 26.5 Å². The summed E-state index contributed by atoms with van der Waals surface area (Å²) in [6, 6.07) is 0.529. The summed E-state index contributed by atoms with van der Waals surface area (Å²) in [5.74, 6) is 0.489. The molecule has 1 aliphatic rings. The summed E-state index contributed by atoms with van der Waals surface area (Å²) in [5.41, 5.74) is 5.93. The minimum Gasteiger partial charge on any atom is -0.381 e. The van der Waals surface area contributed by atoms with Crippen LogP contribution in [0.5, 0.6) is 0 Å². The number of nitrogens with zero attached hydrogens (tertiary/aromatic N) is 1. The molecule has 0 aromatic rings. The third kappa shape index (κ3) is 3.58. The number of allylic oxidation sites excluding steroid dienone is 3. The van der Waals surface area contributed by atoms with Crippen LogP contribution in [0.3, 0.4) is 0 Å². The molecule has 1 heterocycles. The number of hydrogen-bond acceptors (Lipinski definition) is 3. The van der Waals surface area contributed by atoms with E-state index in [0.717, 1.165) is 26.1 Å². The van der Waals surface area contributed by atoms with Gasteiger partial charge in [-0.25, -0.2) is 5.43 Å². The van der Waals surface area contributed by atoms with Gasteiger partial charge < -0.3 is 9.75 Å². The molecule has 1 saturated heterocycles. The first-order valence-electron chi connectivity index (χ1n) is 6.49. The molecule has 0 aromatic carbocycles. The molecule has 0 unspecified atom stereocenters. The molecule has 0 atom stereocenters. The van der Waals surface area contributed by atoms with Gasteiger partial charge in [0.1, 0.15) is 0 Å². The maximum atomic E-state index is 5.43. The lowest BCUT2D eigenvalue weighted by Gasteiger charge is -2.39. The number of hydrogen-bond donors (Lipinski definition) is 1. The van der Waals surface area contributed by atoms with Gasteiger partial charge in [-0.3, -0.25) is 0 Å². The Bertz CT molecular complexity index is 278. The SMILES string of the molecule is C=C/C(C)=C(/C(C)C)N(NC)C1CCOCC1. The Kier molecular flexibility index (Phi) is 5.72. The summed E-state index contributed by atoms with van der Waals surface area (Å²) in [4.78, 5) is 0. The molecule has 0 aliphatic carbocycles. The van der Waals surface area contributed by atoms with Gasteiger partial charge in [-0.2, -0.15) is 0 Å². The van der Waals surface area contributed by atoms with E-state index in [9.17, 15) is 0 Å². The predicted molar refractivity (Wildman–Crippen MR) is 72.5 cm³/mol. The van der Waals surface area contributed by atoms with Crippen LogP contribution in [0.1, 0.15) is 33.6 Å². The largest absolute Gasteiger partial charge is 0.381 e. The number of hydrazine groups is 1. The van der Waals surface area contributed by atoms with Crippen molar-refractivity contribution in [1.29, 1.82) is 0 Å². The van der Waals surface area contributed by atoms with Crippen LogP contribution >= 0.6 is 0 Å². The Balaban J connectivity index is 2.92. The first-order chi connectivity index (χ1) is 8.11. The lowest BCUT2D eigenvalue weighted by molar-refractivity contribution is 0.0281. The first kappa shape index (κ1) is 14.3. The second-order valence-corrected chi connectivity index (χ2v) is 4.86. The smallest absolute Gasteiger partial charge is 0.0495 e. The zero-order valence-electron chi connectivity index (χ0n) is 11.6. The fraction of sp³-hybridized carbons (Fsp3) is 0.714. The van der Waals surface area contributed by atoms with E-state index in [2.05, 4.69) is 37.8 Å². The average molecular weight is 238 g/mol. The highest BCUT2D eigenvalue weighted by Crippen LogP contribution is 2.24. The fourth-order valence-electron chi connectivity index (χ4n) is 2.47. The van der Waals surface area contributed by atoms with Gasteiger partial charge in [0.25, 0.3) is 0 Å². The Morgan fingerprint density at radius 2 is 2.00 bits per heavy atom. The minimum atomic E-state index is 0.489. The van der Waals surface area contributed by atoms with Crippen molar-refractivity contribution in [2.75, 3.05) is 20.3 Å². The van der Waals surface area contributed by atoms with Crippen molar-refractivity contribution >= 4 is 0 Å². The standard InChI is InChI=1S/C14H26N2O/c1-6-12(4)14(11(2)3)16(15-5)13-7-9-17-10-8-13/h6,11,13,15H,1,7-10H2,2-5H3/b14-12-. The first-order valence-corrected chi connectivity index (χ1v) is 6.49. The van der Waals surface area contributed by atoms with Gasteiger partial charge in [0.2, 0.25) is 0 Å². The summed E-state index contributed by atoms with van der Waals surface area (Å²) in [6.45, 7) is 12.2. The van der Waals surface area contributed by atoms with E-state index in [-0.39, 0.29) is 0 Å². The molecule has 3 heteroatoms. The van der Waals surface area contributed by atoms with E-state index < -0.39 is 0 Å². The lowest BCUT2D eigenvalue weighted by Crippen LogP contribution is -2.47. The molecule has 1 aliphatic heterocycles. The van der Waals surface area contributed by atoms with Crippen LogP contribution in [-0.4, -0.2) is 31.3 Å². The maximum Gasteiger partial charge on any atom is 0.0495 e. The van der Waals surface area contributed by atoms with Crippen molar-refractivity contribution in [3.63, 3.8) is 0 Å². The van der Waals surface area contributed by atoms with E-state index in [0.29, 0.717) is 12.0 Å². The Morgan fingerprint density at radius 3 is 2.41 bits per heavy atom. The van der Waals surface area contributed by atoms with Crippen LogP contribution in [0.4, 0.5) is 0 Å². The highest BCUT2D eigenvalue weighted by Gasteiger charge is 2.24. The van der Waals surface area contributed by atoms with E-state index in [1.165, 1.54) is 11.3 Å². The fourth-order valence-corrected chi connectivity index (χ4v) is 2.47. The van der Waals surface area contributed by atoms with Crippen LogP contribution in [0.25, 0.3) is 0 Å². The third-order valence-corrected chi connectivity index (χ3v) is 3.31. The summed E-state index contributed by atoms with van der Waals surface area (Å²) < 4.78 is 5.43. The van der Waals surface area contributed by atoms with E-state index in [1.54, 1.807) is 0 Å². The molecular formula is C14H26N2O. The Hall–Kier alpha value is -0.800. The minimum absolute atomic E-state index is 0.489. The summed E-state index contributed by atoms with van der Waals surface area (Å²) in [7, 11) is 1.99. The van der Waals surface area contributed by atoms with Gasteiger partial charge in [-0.15, -0.1) is 0 Å². The molecule has 0 saturated carbocycles. The molecule has 1 rings (SSSR count). The zero-order valence-corrected chi connectivity index (χ0v) is 11.6. The van der Waals surface area contributed by atoms with Crippen LogP contribution in [0.15, 0.2) is 23.9 Å². The van der Waals surface area contributed by atoms with Crippen LogP contribution in [0.2, 0.25) is 0 Å². The van der Waals surface area contributed by atoms with Gasteiger partial charge >= 0.3 is 0 Å². The van der Waals surface area contributed by atoms with Crippen LogP contribution in [-0.2, 0) is 4.74 Å². The maximum absolute atomic E-state index is 5.43. The number of rotatable bonds is 5. The second kappa shape index (κ2) is 6.82. The molecule has 0 aromatic heterocycles. The predicted octanol–water partition coefficient (Wildman–Crippen LogP) is 2.72. The third-order valence-electron chi connectivity index (χ3n) is 3.31. The molecule has 1 N–H and O–H groups in total. The normalized spacial score (nSPS) is 19.1. The van der Waals surface area contributed by atoms with Crippen molar-refractivity contribution in [2.45, 2.75) is 39.7 Å². The van der Waals surface area contributed by atoms with Gasteiger partial charge in [0, 0.05) is 32.0 Å². The molecule has 3 nitrogen and oxygen atoms in total. The highest BCUT2D eigenvalue weighted by atomic mass is 16.5. The molecule has 0 bridgehead atoms. The summed E-state index contributed by atoms with van der Waals surface area (Å²) in [5, 5.41) is 2.31. The topological polar surface area (TPSA) is 24.5 Å². The van der Waals surface area contributed by atoms with Crippen molar-refractivity contribution in [3.05, 3.63) is 23.9 Å². The van der Waals surface area contributed by atoms with Crippen LogP contribution in [0, 0.1) is 5.92 Å². The quantitative estimate of drug-likeness (QED) is 0.589. The number of ether oxygens (including phenoxy) is 1.